The van der Waals surface area contributed by atoms with Gasteiger partial charge in [-0.1, -0.05) is 19.3 Å². The van der Waals surface area contributed by atoms with Crippen molar-refractivity contribution in [3.8, 4) is 0 Å². The van der Waals surface area contributed by atoms with Crippen LogP contribution in [0.15, 0.2) is 5.10 Å². The van der Waals surface area contributed by atoms with Gasteiger partial charge in [0.1, 0.15) is 0 Å². The molecule has 0 unspecified atom stereocenters. The lowest BCUT2D eigenvalue weighted by molar-refractivity contribution is -0.135. The van der Waals surface area contributed by atoms with Gasteiger partial charge >= 0.3 is 5.97 Å². The number of nitrogens with zero attached hydrogens (tertiary/aromatic N) is 1. The molecule has 3 N–H and O–H groups in total. The molecule has 0 heterocycles. The standard InChI is InChI=1S/C12H21N3O3/c1-2-18-12(17)11(13)15-14-10(16)8-9-6-4-3-5-7-9/h9H,2-8H2,1H3,(H2,13,15)(H,14,16). The topological polar surface area (TPSA) is 93.8 Å². The Morgan fingerprint density at radius 2 is 2.00 bits per heavy atom. The lowest BCUT2D eigenvalue weighted by atomic mass is 9.87. The van der Waals surface area contributed by atoms with E-state index in [0.29, 0.717) is 12.3 Å². The molecule has 6 nitrogen and oxygen atoms in total. The molecule has 6 heteroatoms. The fraction of sp³-hybridized carbons (Fsp3) is 0.750. The summed E-state index contributed by atoms with van der Waals surface area (Å²) in [6.45, 7) is 1.90. The highest BCUT2D eigenvalue weighted by molar-refractivity contribution is 6.34. The molecule has 1 fully saturated rings. The summed E-state index contributed by atoms with van der Waals surface area (Å²) in [7, 11) is 0. The zero-order valence-electron chi connectivity index (χ0n) is 10.8. The van der Waals surface area contributed by atoms with E-state index in [9.17, 15) is 9.59 Å². The highest BCUT2D eigenvalue weighted by Crippen LogP contribution is 2.25. The van der Waals surface area contributed by atoms with E-state index in [1.54, 1.807) is 6.92 Å². The molecule has 0 saturated heterocycles. The number of hydrazone groups is 1. The number of ether oxygens (including phenoxy) is 1. The first kappa shape index (κ1) is 14.5. The molecule has 18 heavy (non-hydrogen) atoms. The van der Waals surface area contributed by atoms with Gasteiger partial charge in [-0.05, 0) is 25.7 Å². The fourth-order valence-electron chi connectivity index (χ4n) is 2.07. The molecule has 0 aromatic heterocycles. The number of hydrogen-bond donors (Lipinski definition) is 2. The number of hydrogen-bond acceptors (Lipinski definition) is 4. The van der Waals surface area contributed by atoms with Gasteiger partial charge in [0.2, 0.25) is 11.7 Å². The van der Waals surface area contributed by atoms with Crippen molar-refractivity contribution in [1.29, 1.82) is 0 Å². The Bertz CT molecular complexity index is 323. The second-order valence-electron chi connectivity index (χ2n) is 4.46. The first-order valence-corrected chi connectivity index (χ1v) is 6.42. The van der Waals surface area contributed by atoms with Gasteiger partial charge in [0.25, 0.3) is 0 Å². The molecule has 0 bridgehead atoms. The van der Waals surface area contributed by atoms with E-state index in [1.807, 2.05) is 0 Å². The Hall–Kier alpha value is -1.59. The van der Waals surface area contributed by atoms with Crippen LogP contribution in [0.3, 0.4) is 0 Å². The third kappa shape index (κ3) is 5.16. The van der Waals surface area contributed by atoms with Crippen LogP contribution in [-0.4, -0.2) is 24.3 Å². The monoisotopic (exact) mass is 255 g/mol. The van der Waals surface area contributed by atoms with Crippen molar-refractivity contribution >= 4 is 17.7 Å². The first-order valence-electron chi connectivity index (χ1n) is 6.42. The van der Waals surface area contributed by atoms with Gasteiger partial charge in [0.15, 0.2) is 0 Å². The van der Waals surface area contributed by atoms with E-state index in [0.717, 1.165) is 12.8 Å². The van der Waals surface area contributed by atoms with Crippen molar-refractivity contribution in [3.63, 3.8) is 0 Å². The van der Waals surface area contributed by atoms with Crippen LogP contribution in [0.4, 0.5) is 0 Å². The van der Waals surface area contributed by atoms with Gasteiger partial charge < -0.3 is 10.5 Å². The minimum atomic E-state index is -0.713. The summed E-state index contributed by atoms with van der Waals surface area (Å²) in [5.74, 6) is -0.809. The van der Waals surface area contributed by atoms with Crippen LogP contribution >= 0.6 is 0 Å². The van der Waals surface area contributed by atoms with Gasteiger partial charge in [-0.2, -0.15) is 0 Å². The third-order valence-electron chi connectivity index (χ3n) is 2.98. The Morgan fingerprint density at radius 3 is 2.61 bits per heavy atom. The van der Waals surface area contributed by atoms with Crippen LogP contribution in [0.2, 0.25) is 0 Å². The van der Waals surface area contributed by atoms with Crippen molar-refractivity contribution in [2.45, 2.75) is 45.4 Å². The maximum Gasteiger partial charge on any atom is 0.375 e. The van der Waals surface area contributed by atoms with Crippen LogP contribution in [-0.2, 0) is 14.3 Å². The summed E-state index contributed by atoms with van der Waals surface area (Å²) in [5.41, 5.74) is 7.64. The molecule has 0 radical (unpaired) electrons. The van der Waals surface area contributed by atoms with Crippen LogP contribution < -0.4 is 11.2 Å². The van der Waals surface area contributed by atoms with Crippen LogP contribution in [0, 0.1) is 5.92 Å². The van der Waals surface area contributed by atoms with Crippen molar-refractivity contribution in [2.75, 3.05) is 6.61 Å². The Balaban J connectivity index is 2.30. The predicted octanol–water partition coefficient (Wildman–Crippen LogP) is 0.908. The van der Waals surface area contributed by atoms with E-state index in [-0.39, 0.29) is 18.3 Å². The summed E-state index contributed by atoms with van der Waals surface area (Å²) < 4.78 is 4.64. The number of rotatable bonds is 4. The third-order valence-corrected chi connectivity index (χ3v) is 2.98. The summed E-state index contributed by atoms with van der Waals surface area (Å²) in [4.78, 5) is 22.7. The fourth-order valence-corrected chi connectivity index (χ4v) is 2.07. The Kier molecular flexibility index (Phi) is 6.18. The number of carbonyl (C=O) groups is 2. The van der Waals surface area contributed by atoms with Gasteiger partial charge in [-0.3, -0.25) is 4.79 Å². The molecule has 102 valence electrons. The van der Waals surface area contributed by atoms with E-state index in [1.165, 1.54) is 19.3 Å². The normalized spacial score (nSPS) is 17.3. The number of nitrogens with one attached hydrogen (secondary N) is 1. The zero-order chi connectivity index (χ0) is 13.4. The second kappa shape index (κ2) is 7.68. The van der Waals surface area contributed by atoms with E-state index in [4.69, 9.17) is 5.73 Å². The lowest BCUT2D eigenvalue weighted by Crippen LogP contribution is -2.31. The second-order valence-corrected chi connectivity index (χ2v) is 4.46. The van der Waals surface area contributed by atoms with Gasteiger partial charge in [0, 0.05) is 6.42 Å². The number of amidine groups is 1. The SMILES string of the molecule is CCOC(=O)/C(N)=N/NC(=O)CC1CCCCC1. The van der Waals surface area contributed by atoms with Gasteiger partial charge in [-0.15, -0.1) is 5.10 Å². The minimum Gasteiger partial charge on any atom is -0.460 e. The molecule has 1 amide bonds. The van der Waals surface area contributed by atoms with Crippen molar-refractivity contribution in [2.24, 2.45) is 16.8 Å². The largest absolute Gasteiger partial charge is 0.460 e. The smallest absolute Gasteiger partial charge is 0.375 e. The van der Waals surface area contributed by atoms with Gasteiger partial charge in [-0.25, -0.2) is 10.2 Å². The molecule has 1 rings (SSSR count). The molecule has 0 aromatic rings. The first-order chi connectivity index (χ1) is 8.63. The van der Waals surface area contributed by atoms with Crippen LogP contribution in [0.1, 0.15) is 45.4 Å². The van der Waals surface area contributed by atoms with Crippen molar-refractivity contribution < 1.29 is 14.3 Å². The molecule has 0 atom stereocenters. The average Bonchev–Trinajstić information content (AvgIpc) is 2.37. The van der Waals surface area contributed by atoms with Crippen molar-refractivity contribution in [1.82, 2.24) is 5.43 Å². The summed E-state index contributed by atoms with van der Waals surface area (Å²) in [6.07, 6.45) is 6.25. The summed E-state index contributed by atoms with van der Waals surface area (Å²) in [5, 5.41) is 3.53. The van der Waals surface area contributed by atoms with E-state index in [2.05, 4.69) is 15.3 Å². The van der Waals surface area contributed by atoms with Crippen molar-refractivity contribution in [3.05, 3.63) is 0 Å². The maximum atomic E-state index is 11.6. The molecule has 1 saturated carbocycles. The molecule has 0 spiro atoms. The van der Waals surface area contributed by atoms with E-state index >= 15 is 0 Å². The highest BCUT2D eigenvalue weighted by Gasteiger charge is 2.17. The lowest BCUT2D eigenvalue weighted by Gasteiger charge is -2.20. The summed E-state index contributed by atoms with van der Waals surface area (Å²) in [6, 6.07) is 0. The van der Waals surface area contributed by atoms with Crippen LogP contribution in [0.25, 0.3) is 0 Å². The zero-order valence-corrected chi connectivity index (χ0v) is 10.8. The Morgan fingerprint density at radius 1 is 1.33 bits per heavy atom. The van der Waals surface area contributed by atoms with E-state index < -0.39 is 5.97 Å². The van der Waals surface area contributed by atoms with Crippen LogP contribution in [0.5, 0.6) is 0 Å². The highest BCUT2D eigenvalue weighted by atomic mass is 16.5. The number of carbonyl (C=O) groups excluding carboxylic acids is 2. The number of nitrogens with two attached hydrogens (primary N) is 1. The molecular weight excluding hydrogens is 234 g/mol. The minimum absolute atomic E-state index is 0.200. The number of amides is 1. The summed E-state index contributed by atoms with van der Waals surface area (Å²) >= 11 is 0. The predicted molar refractivity (Wildman–Crippen MR) is 67.6 cm³/mol. The molecule has 1 aliphatic rings. The Labute approximate surface area is 107 Å². The molecule has 0 aliphatic heterocycles. The maximum absolute atomic E-state index is 11.6. The molecule has 1 aliphatic carbocycles. The molecule has 0 aromatic carbocycles. The van der Waals surface area contributed by atoms with Gasteiger partial charge in [0.05, 0.1) is 6.61 Å². The number of esters is 1. The quantitative estimate of drug-likeness (QED) is 0.338. The average molecular weight is 255 g/mol. The molecular formula is C12H21N3O3.